The molecule has 0 aromatic carbocycles. The van der Waals surface area contributed by atoms with Crippen LogP contribution >= 0.6 is 11.8 Å². The van der Waals surface area contributed by atoms with Crippen molar-refractivity contribution >= 4 is 11.8 Å². The molecular weight excluding hydrogens is 191 g/mol. The van der Waals surface area contributed by atoms with Crippen LogP contribution in [0, 0.1) is 5.95 Å². The average Bonchev–Trinajstić information content (AvgIpc) is 2.57. The molecular formula is C7H5FN4S. The van der Waals surface area contributed by atoms with Gasteiger partial charge < -0.3 is 4.98 Å². The number of hydrogen-bond donors (Lipinski definition) is 1. The molecule has 0 atom stereocenters. The normalized spacial score (nSPS) is 10.2. The van der Waals surface area contributed by atoms with Crippen LogP contribution in [0.2, 0.25) is 0 Å². The van der Waals surface area contributed by atoms with E-state index in [9.17, 15) is 4.39 Å². The van der Waals surface area contributed by atoms with E-state index in [1.165, 1.54) is 24.2 Å². The maximum absolute atomic E-state index is 12.6. The van der Waals surface area contributed by atoms with Gasteiger partial charge in [-0.3, -0.25) is 0 Å². The molecule has 0 amide bonds. The van der Waals surface area contributed by atoms with Gasteiger partial charge in [0, 0.05) is 18.5 Å². The van der Waals surface area contributed by atoms with Crippen molar-refractivity contribution in [1.29, 1.82) is 0 Å². The van der Waals surface area contributed by atoms with Gasteiger partial charge in [0.05, 0.1) is 0 Å². The van der Waals surface area contributed by atoms with Gasteiger partial charge in [-0.15, -0.1) is 0 Å². The van der Waals surface area contributed by atoms with E-state index in [0.717, 1.165) is 0 Å². The molecule has 13 heavy (non-hydrogen) atoms. The molecule has 0 radical (unpaired) electrons. The number of aromatic nitrogens is 4. The summed E-state index contributed by atoms with van der Waals surface area (Å²) in [5.41, 5.74) is 0. The summed E-state index contributed by atoms with van der Waals surface area (Å²) in [6.07, 6.45) is 4.50. The molecule has 0 fully saturated rings. The highest BCUT2D eigenvalue weighted by Crippen LogP contribution is 2.21. The van der Waals surface area contributed by atoms with Crippen molar-refractivity contribution in [3.05, 3.63) is 30.7 Å². The lowest BCUT2D eigenvalue weighted by atomic mass is 10.7. The number of nitrogens with one attached hydrogen (secondary N) is 1. The Morgan fingerprint density at radius 3 is 2.92 bits per heavy atom. The zero-order chi connectivity index (χ0) is 9.10. The van der Waals surface area contributed by atoms with E-state index in [2.05, 4.69) is 19.9 Å². The van der Waals surface area contributed by atoms with Crippen molar-refractivity contribution in [3.8, 4) is 0 Å². The van der Waals surface area contributed by atoms with Crippen LogP contribution in [0.5, 0.6) is 0 Å². The monoisotopic (exact) mass is 196 g/mol. The molecule has 0 bridgehead atoms. The molecule has 0 unspecified atom stereocenters. The summed E-state index contributed by atoms with van der Waals surface area (Å²) in [5, 5.41) is 1.21. The fourth-order valence-corrected chi connectivity index (χ4v) is 1.47. The minimum absolute atomic E-state index is 0.530. The van der Waals surface area contributed by atoms with Gasteiger partial charge in [0.15, 0.2) is 5.16 Å². The number of halogens is 1. The van der Waals surface area contributed by atoms with Crippen LogP contribution in [0.3, 0.4) is 0 Å². The lowest BCUT2D eigenvalue weighted by Gasteiger charge is -1.94. The molecule has 4 nitrogen and oxygen atoms in total. The zero-order valence-corrected chi connectivity index (χ0v) is 7.25. The van der Waals surface area contributed by atoms with Crippen LogP contribution in [0.15, 0.2) is 35.0 Å². The predicted octanol–water partition coefficient (Wildman–Crippen LogP) is 1.49. The molecule has 1 N–H and O–H groups in total. The molecule has 0 aliphatic carbocycles. The second-order valence-corrected chi connectivity index (χ2v) is 3.18. The van der Waals surface area contributed by atoms with Gasteiger partial charge in [-0.05, 0) is 11.8 Å². The van der Waals surface area contributed by atoms with Gasteiger partial charge in [0.25, 0.3) is 0 Å². The Morgan fingerprint density at radius 2 is 2.23 bits per heavy atom. The predicted molar refractivity (Wildman–Crippen MR) is 44.7 cm³/mol. The van der Waals surface area contributed by atoms with Crippen LogP contribution in [-0.4, -0.2) is 19.9 Å². The minimum atomic E-state index is -0.538. The first-order valence-corrected chi connectivity index (χ1v) is 4.31. The maximum atomic E-state index is 12.6. The van der Waals surface area contributed by atoms with Crippen LogP contribution < -0.4 is 0 Å². The summed E-state index contributed by atoms with van der Waals surface area (Å²) in [6, 6.07) is 1.26. The van der Waals surface area contributed by atoms with Gasteiger partial charge in [0.1, 0.15) is 11.4 Å². The van der Waals surface area contributed by atoms with Gasteiger partial charge >= 0.3 is 0 Å². The number of aromatic amines is 1. The minimum Gasteiger partial charge on any atom is -0.339 e. The molecule has 0 spiro atoms. The van der Waals surface area contributed by atoms with Crippen molar-refractivity contribution in [1.82, 2.24) is 19.9 Å². The van der Waals surface area contributed by atoms with E-state index in [0.29, 0.717) is 10.2 Å². The third kappa shape index (κ3) is 2.03. The molecule has 2 aromatic rings. The van der Waals surface area contributed by atoms with E-state index < -0.39 is 5.95 Å². The molecule has 66 valence electrons. The van der Waals surface area contributed by atoms with Gasteiger partial charge in [-0.1, -0.05) is 0 Å². The van der Waals surface area contributed by atoms with Crippen molar-refractivity contribution in [3.63, 3.8) is 0 Å². The second-order valence-electron chi connectivity index (χ2n) is 2.18. The molecule has 0 aliphatic heterocycles. The third-order valence-corrected chi connectivity index (χ3v) is 2.13. The molecule has 2 rings (SSSR count). The van der Waals surface area contributed by atoms with Crippen LogP contribution in [0.1, 0.15) is 0 Å². The van der Waals surface area contributed by atoms with E-state index in [1.807, 2.05) is 0 Å². The first-order chi connectivity index (χ1) is 6.34. The number of imidazole rings is 1. The first kappa shape index (κ1) is 8.18. The van der Waals surface area contributed by atoms with Gasteiger partial charge in [-0.25, -0.2) is 15.0 Å². The second kappa shape index (κ2) is 3.53. The van der Waals surface area contributed by atoms with Crippen molar-refractivity contribution in [2.75, 3.05) is 0 Å². The lowest BCUT2D eigenvalue weighted by molar-refractivity contribution is 0.572. The van der Waals surface area contributed by atoms with E-state index in [1.54, 1.807) is 12.4 Å². The van der Waals surface area contributed by atoms with Crippen LogP contribution in [0.25, 0.3) is 0 Å². The lowest BCUT2D eigenvalue weighted by Crippen LogP contribution is -1.86. The number of rotatable bonds is 2. The fraction of sp³-hybridized carbons (Fsp3) is 0. The Labute approximate surface area is 77.6 Å². The van der Waals surface area contributed by atoms with E-state index >= 15 is 0 Å². The molecule has 0 aliphatic rings. The van der Waals surface area contributed by atoms with Crippen LogP contribution in [-0.2, 0) is 0 Å². The summed E-state index contributed by atoms with van der Waals surface area (Å²) in [4.78, 5) is 14.1. The zero-order valence-electron chi connectivity index (χ0n) is 6.44. The smallest absolute Gasteiger partial charge is 0.217 e. The summed E-state index contributed by atoms with van der Waals surface area (Å²) < 4.78 is 12.6. The molecule has 0 saturated heterocycles. The van der Waals surface area contributed by atoms with Gasteiger partial charge in [-0.2, -0.15) is 4.39 Å². The molecule has 0 saturated carbocycles. The third-order valence-electron chi connectivity index (χ3n) is 1.28. The summed E-state index contributed by atoms with van der Waals surface area (Å²) in [5.74, 6) is -0.538. The van der Waals surface area contributed by atoms with E-state index in [4.69, 9.17) is 0 Å². The highest BCUT2D eigenvalue weighted by atomic mass is 32.2. The Bertz CT molecular complexity index is 389. The summed E-state index contributed by atoms with van der Waals surface area (Å²) in [6.45, 7) is 0. The molecule has 2 aromatic heterocycles. The maximum Gasteiger partial charge on any atom is 0.217 e. The van der Waals surface area contributed by atoms with Crippen molar-refractivity contribution in [2.24, 2.45) is 0 Å². The Balaban J connectivity index is 2.19. The average molecular weight is 196 g/mol. The Hall–Kier alpha value is -1.43. The largest absolute Gasteiger partial charge is 0.339 e. The van der Waals surface area contributed by atoms with Crippen LogP contribution in [0.4, 0.5) is 4.39 Å². The molecule has 2 heterocycles. The Morgan fingerprint density at radius 1 is 1.31 bits per heavy atom. The first-order valence-electron chi connectivity index (χ1n) is 3.49. The number of H-pyrrole nitrogens is 1. The van der Waals surface area contributed by atoms with Crippen molar-refractivity contribution in [2.45, 2.75) is 10.2 Å². The van der Waals surface area contributed by atoms with Gasteiger partial charge in [0.2, 0.25) is 5.95 Å². The Kier molecular flexibility index (Phi) is 2.22. The quantitative estimate of drug-likeness (QED) is 0.739. The summed E-state index contributed by atoms with van der Waals surface area (Å²) in [7, 11) is 0. The SMILES string of the molecule is Fc1cc(Sc2ncc[nH]2)ncn1. The number of nitrogens with zero attached hydrogens (tertiary/aromatic N) is 3. The number of hydrogen-bond acceptors (Lipinski definition) is 4. The van der Waals surface area contributed by atoms with Crippen molar-refractivity contribution < 1.29 is 4.39 Å². The topological polar surface area (TPSA) is 54.5 Å². The standard InChI is InChI=1S/C7H5FN4S/c8-5-3-6(12-4-11-5)13-7-9-1-2-10-7/h1-4H,(H,9,10). The molecule has 6 heteroatoms. The van der Waals surface area contributed by atoms with E-state index in [-0.39, 0.29) is 0 Å². The fourth-order valence-electron chi connectivity index (χ4n) is 0.779. The highest BCUT2D eigenvalue weighted by molar-refractivity contribution is 7.99. The summed E-state index contributed by atoms with van der Waals surface area (Å²) >= 11 is 1.25. The highest BCUT2D eigenvalue weighted by Gasteiger charge is 2.01.